The average Bonchev–Trinajstić information content (AvgIpc) is 2.82. The van der Waals surface area contributed by atoms with Crippen LogP contribution in [0.15, 0.2) is 24.3 Å². The summed E-state index contributed by atoms with van der Waals surface area (Å²) in [5, 5.41) is 0. The summed E-state index contributed by atoms with van der Waals surface area (Å²) in [4.78, 5) is 11.4. The minimum absolute atomic E-state index is 0.0418. The molecule has 21 heavy (non-hydrogen) atoms. The fourth-order valence-corrected chi connectivity index (χ4v) is 2.90. The maximum absolute atomic E-state index is 11.2. The first kappa shape index (κ1) is 18.0. The molecule has 3 unspecified atom stereocenters. The van der Waals surface area contributed by atoms with Gasteiger partial charge in [-0.1, -0.05) is 47.0 Å². The van der Waals surface area contributed by atoms with Crippen LogP contribution in [0, 0.1) is 12.3 Å². The Morgan fingerprint density at radius 1 is 1.52 bits per heavy atom. The number of terminal acetylenes is 1. The Balaban J connectivity index is 2.61. The topological polar surface area (TPSA) is 35.5 Å². The summed E-state index contributed by atoms with van der Waals surface area (Å²) in [6, 6.07) is 0. The molecule has 0 spiro atoms. The zero-order chi connectivity index (χ0) is 15.7. The number of alkyl halides is 1. The third-order valence-corrected chi connectivity index (χ3v) is 4.26. The summed E-state index contributed by atoms with van der Waals surface area (Å²) in [6.07, 6.45) is 16.0. The molecule has 3 nitrogen and oxygen atoms in total. The third kappa shape index (κ3) is 6.50. The molecule has 0 aromatic heterocycles. The molecule has 0 aromatic carbocycles. The molecule has 1 aliphatic rings. The Labute approximate surface area is 135 Å². The van der Waals surface area contributed by atoms with Crippen molar-refractivity contribution in [3.63, 3.8) is 0 Å². The summed E-state index contributed by atoms with van der Waals surface area (Å²) in [7, 11) is 0. The first-order valence-corrected chi connectivity index (χ1v) is 8.22. The summed E-state index contributed by atoms with van der Waals surface area (Å²) < 4.78 is 11.4. The molecule has 0 aliphatic carbocycles. The van der Waals surface area contributed by atoms with Crippen molar-refractivity contribution in [2.45, 2.75) is 62.7 Å². The number of esters is 1. The van der Waals surface area contributed by atoms with E-state index >= 15 is 0 Å². The van der Waals surface area contributed by atoms with Gasteiger partial charge in [0.2, 0.25) is 0 Å². The van der Waals surface area contributed by atoms with Crippen molar-refractivity contribution < 1.29 is 14.3 Å². The molecule has 116 valence electrons. The molecule has 0 N–H and O–H groups in total. The number of carbonyl (C=O) groups is 1. The quantitative estimate of drug-likeness (QED) is 0.302. The molecule has 0 bridgehead atoms. The lowest BCUT2D eigenvalue weighted by Gasteiger charge is -2.17. The van der Waals surface area contributed by atoms with E-state index in [2.05, 4.69) is 40.9 Å². The SMILES string of the molecule is C#C/C=C/CC1OC(C(Br)C/C=C/CC)C[C@H]1OC(C)=O. The smallest absolute Gasteiger partial charge is 0.302 e. The van der Waals surface area contributed by atoms with E-state index in [1.54, 1.807) is 6.08 Å². The zero-order valence-electron chi connectivity index (χ0n) is 12.6. The van der Waals surface area contributed by atoms with E-state index in [0.717, 1.165) is 12.8 Å². The van der Waals surface area contributed by atoms with Crippen LogP contribution in [-0.4, -0.2) is 29.1 Å². The Morgan fingerprint density at radius 3 is 2.90 bits per heavy atom. The molecule has 1 heterocycles. The lowest BCUT2D eigenvalue weighted by atomic mass is 10.1. The Kier molecular flexibility index (Phi) is 8.41. The second-order valence-corrected chi connectivity index (χ2v) is 6.21. The molecule has 0 aromatic rings. The van der Waals surface area contributed by atoms with Crippen molar-refractivity contribution in [1.82, 2.24) is 0 Å². The Hall–Kier alpha value is -1.05. The van der Waals surface area contributed by atoms with Crippen LogP contribution in [0.1, 0.15) is 39.5 Å². The third-order valence-electron chi connectivity index (χ3n) is 3.30. The van der Waals surface area contributed by atoms with Gasteiger partial charge in [0.1, 0.15) is 6.10 Å². The number of rotatable bonds is 7. The van der Waals surface area contributed by atoms with Gasteiger partial charge in [-0.05, 0) is 25.3 Å². The van der Waals surface area contributed by atoms with Crippen LogP contribution in [0.3, 0.4) is 0 Å². The molecule has 0 amide bonds. The van der Waals surface area contributed by atoms with E-state index in [1.165, 1.54) is 6.92 Å². The highest BCUT2D eigenvalue weighted by molar-refractivity contribution is 9.09. The lowest BCUT2D eigenvalue weighted by molar-refractivity contribution is -0.148. The minimum atomic E-state index is -0.271. The fourth-order valence-electron chi connectivity index (χ4n) is 2.34. The average molecular weight is 355 g/mol. The largest absolute Gasteiger partial charge is 0.460 e. The molecule has 4 heteroatoms. The Bertz CT molecular complexity index is 422. The van der Waals surface area contributed by atoms with Gasteiger partial charge in [-0.3, -0.25) is 4.79 Å². The first-order valence-electron chi connectivity index (χ1n) is 7.31. The second-order valence-electron chi connectivity index (χ2n) is 5.03. The van der Waals surface area contributed by atoms with Crippen molar-refractivity contribution >= 4 is 21.9 Å². The van der Waals surface area contributed by atoms with Crippen molar-refractivity contribution in [2.24, 2.45) is 0 Å². The predicted octanol–water partition coefficient (Wildman–Crippen LogP) is 3.77. The van der Waals surface area contributed by atoms with Gasteiger partial charge >= 0.3 is 5.97 Å². The van der Waals surface area contributed by atoms with Gasteiger partial charge in [0.25, 0.3) is 0 Å². The minimum Gasteiger partial charge on any atom is -0.460 e. The molecule has 1 aliphatic heterocycles. The van der Waals surface area contributed by atoms with Crippen molar-refractivity contribution in [1.29, 1.82) is 0 Å². The van der Waals surface area contributed by atoms with Crippen molar-refractivity contribution in [2.75, 3.05) is 0 Å². The molecule has 0 radical (unpaired) electrons. The van der Waals surface area contributed by atoms with Gasteiger partial charge in [0.05, 0.1) is 12.2 Å². The summed E-state index contributed by atoms with van der Waals surface area (Å²) >= 11 is 3.67. The molecule has 4 atom stereocenters. The van der Waals surface area contributed by atoms with Crippen LogP contribution in [0.4, 0.5) is 0 Å². The summed E-state index contributed by atoms with van der Waals surface area (Å²) in [5.74, 6) is 2.18. The van der Waals surface area contributed by atoms with Crippen LogP contribution in [0.2, 0.25) is 0 Å². The number of carbonyl (C=O) groups excluding carboxylic acids is 1. The summed E-state index contributed by atoms with van der Waals surface area (Å²) in [6.45, 7) is 3.54. The van der Waals surface area contributed by atoms with Gasteiger partial charge in [-0.2, -0.15) is 0 Å². The molecule has 1 saturated heterocycles. The van der Waals surface area contributed by atoms with Crippen LogP contribution >= 0.6 is 15.9 Å². The zero-order valence-corrected chi connectivity index (χ0v) is 14.2. The monoisotopic (exact) mass is 354 g/mol. The number of ether oxygens (including phenoxy) is 2. The molecule has 1 fully saturated rings. The number of halogens is 1. The molecular weight excluding hydrogens is 332 g/mol. The van der Waals surface area contributed by atoms with Gasteiger partial charge in [0.15, 0.2) is 0 Å². The highest BCUT2D eigenvalue weighted by atomic mass is 79.9. The molecular formula is C17H23BrO3. The van der Waals surface area contributed by atoms with Gasteiger partial charge in [-0.15, -0.1) is 6.42 Å². The second kappa shape index (κ2) is 9.81. The molecule has 1 rings (SSSR count). The van der Waals surface area contributed by atoms with Gasteiger partial charge in [0, 0.05) is 18.2 Å². The molecule has 0 saturated carbocycles. The predicted molar refractivity (Wildman–Crippen MR) is 88.2 cm³/mol. The first-order chi connectivity index (χ1) is 10.1. The van der Waals surface area contributed by atoms with E-state index in [0.29, 0.717) is 12.8 Å². The number of hydrogen-bond donors (Lipinski definition) is 0. The van der Waals surface area contributed by atoms with E-state index in [4.69, 9.17) is 15.9 Å². The van der Waals surface area contributed by atoms with Gasteiger partial charge < -0.3 is 9.47 Å². The van der Waals surface area contributed by atoms with Crippen LogP contribution in [0.25, 0.3) is 0 Å². The highest BCUT2D eigenvalue weighted by Gasteiger charge is 2.39. The maximum Gasteiger partial charge on any atom is 0.302 e. The van der Waals surface area contributed by atoms with Crippen LogP contribution in [-0.2, 0) is 14.3 Å². The van der Waals surface area contributed by atoms with E-state index < -0.39 is 0 Å². The van der Waals surface area contributed by atoms with E-state index in [-0.39, 0.29) is 29.1 Å². The van der Waals surface area contributed by atoms with Crippen molar-refractivity contribution in [3.8, 4) is 12.3 Å². The van der Waals surface area contributed by atoms with E-state index in [9.17, 15) is 4.79 Å². The number of allylic oxidation sites excluding steroid dienone is 3. The van der Waals surface area contributed by atoms with Crippen molar-refractivity contribution in [3.05, 3.63) is 24.3 Å². The standard InChI is InChI=1S/C17H23BrO3/c1-4-6-8-10-14(18)16-12-17(20-13(3)19)15(21-16)11-9-7-5-2/h2,6-9,14-17H,4,10-12H2,1,3H3/b8-6+,9-7+/t14?,15?,16?,17-/m1/s1. The van der Waals surface area contributed by atoms with Crippen LogP contribution < -0.4 is 0 Å². The van der Waals surface area contributed by atoms with E-state index in [1.807, 2.05) is 6.08 Å². The fraction of sp³-hybridized carbons (Fsp3) is 0.588. The normalized spacial score (nSPS) is 27.0. The number of hydrogen-bond acceptors (Lipinski definition) is 3. The van der Waals surface area contributed by atoms with Crippen LogP contribution in [0.5, 0.6) is 0 Å². The maximum atomic E-state index is 11.2. The lowest BCUT2D eigenvalue weighted by Crippen LogP contribution is -2.25. The summed E-state index contributed by atoms with van der Waals surface area (Å²) in [5.41, 5.74) is 0. The van der Waals surface area contributed by atoms with Gasteiger partial charge in [-0.25, -0.2) is 0 Å². The highest BCUT2D eigenvalue weighted by Crippen LogP contribution is 2.31. The Morgan fingerprint density at radius 2 is 2.29 bits per heavy atom.